The van der Waals surface area contributed by atoms with Crippen molar-refractivity contribution in [3.05, 3.63) is 5.88 Å². The van der Waals surface area contributed by atoms with Gasteiger partial charge in [-0.15, -0.1) is 11.8 Å². The van der Waals surface area contributed by atoms with Crippen LogP contribution in [0.4, 0.5) is 0 Å². The summed E-state index contributed by atoms with van der Waals surface area (Å²) >= 11 is 1.86. The lowest BCUT2D eigenvalue weighted by Crippen LogP contribution is -2.33. The SMILES string of the molecule is CCS[CH]N1CCOCC1. The molecule has 0 N–H and O–H groups in total. The van der Waals surface area contributed by atoms with Gasteiger partial charge in [-0.1, -0.05) is 6.92 Å². The largest absolute Gasteiger partial charge is 0.379 e. The molecule has 0 amide bonds. The zero-order valence-corrected chi connectivity index (χ0v) is 7.19. The lowest BCUT2D eigenvalue weighted by atomic mass is 10.5. The zero-order valence-electron chi connectivity index (χ0n) is 6.38. The lowest BCUT2D eigenvalue weighted by Gasteiger charge is -2.25. The van der Waals surface area contributed by atoms with Gasteiger partial charge in [0.2, 0.25) is 0 Å². The standard InChI is InChI=1S/C7H14NOS/c1-2-10-7-8-3-5-9-6-4-8/h7H,2-6H2,1H3. The van der Waals surface area contributed by atoms with Crippen molar-refractivity contribution in [2.24, 2.45) is 0 Å². The molecule has 1 aliphatic heterocycles. The van der Waals surface area contributed by atoms with Crippen molar-refractivity contribution in [3.8, 4) is 0 Å². The van der Waals surface area contributed by atoms with E-state index in [1.54, 1.807) is 0 Å². The maximum absolute atomic E-state index is 5.21. The van der Waals surface area contributed by atoms with Gasteiger partial charge in [0.1, 0.15) is 0 Å². The Morgan fingerprint density at radius 3 is 2.80 bits per heavy atom. The molecular weight excluding hydrogens is 146 g/mol. The predicted molar refractivity (Wildman–Crippen MR) is 44.8 cm³/mol. The molecule has 3 heteroatoms. The van der Waals surface area contributed by atoms with Gasteiger partial charge in [-0.3, -0.25) is 4.90 Å². The van der Waals surface area contributed by atoms with Gasteiger partial charge in [-0.2, -0.15) is 0 Å². The van der Waals surface area contributed by atoms with Gasteiger partial charge >= 0.3 is 0 Å². The Morgan fingerprint density at radius 1 is 1.50 bits per heavy atom. The fourth-order valence-electron chi connectivity index (χ4n) is 0.863. The summed E-state index contributed by atoms with van der Waals surface area (Å²) in [4.78, 5) is 2.32. The number of morpholine rings is 1. The molecule has 0 aromatic carbocycles. The summed E-state index contributed by atoms with van der Waals surface area (Å²) in [5.74, 6) is 3.37. The van der Waals surface area contributed by atoms with E-state index in [0.29, 0.717) is 0 Å². The first-order valence-electron chi connectivity index (χ1n) is 3.70. The Bertz CT molecular complexity index is 83.7. The third kappa shape index (κ3) is 2.90. The maximum Gasteiger partial charge on any atom is 0.0811 e. The number of ether oxygens (including phenoxy) is 1. The van der Waals surface area contributed by atoms with Crippen LogP contribution in [-0.4, -0.2) is 37.0 Å². The molecule has 59 valence electrons. The maximum atomic E-state index is 5.21. The molecule has 10 heavy (non-hydrogen) atoms. The lowest BCUT2D eigenvalue weighted by molar-refractivity contribution is 0.0561. The second kappa shape index (κ2) is 4.99. The highest BCUT2D eigenvalue weighted by molar-refractivity contribution is 8.01. The van der Waals surface area contributed by atoms with Crippen LogP contribution in [0, 0.1) is 5.88 Å². The van der Waals surface area contributed by atoms with Gasteiger partial charge in [-0.25, -0.2) is 0 Å². The molecule has 1 heterocycles. The minimum absolute atomic E-state index is 0.890. The van der Waals surface area contributed by atoms with Crippen molar-refractivity contribution in [2.75, 3.05) is 32.1 Å². The number of nitrogens with zero attached hydrogens (tertiary/aromatic N) is 1. The fraction of sp³-hybridized carbons (Fsp3) is 0.857. The molecule has 0 aliphatic carbocycles. The highest BCUT2D eigenvalue weighted by atomic mass is 32.2. The van der Waals surface area contributed by atoms with Crippen molar-refractivity contribution in [1.82, 2.24) is 4.90 Å². The van der Waals surface area contributed by atoms with Crippen molar-refractivity contribution in [3.63, 3.8) is 0 Å². The van der Waals surface area contributed by atoms with Gasteiger partial charge in [0.25, 0.3) is 0 Å². The smallest absolute Gasteiger partial charge is 0.0811 e. The Kier molecular flexibility index (Phi) is 4.18. The van der Waals surface area contributed by atoms with Crippen LogP contribution in [0.1, 0.15) is 6.92 Å². The van der Waals surface area contributed by atoms with Gasteiger partial charge < -0.3 is 4.74 Å². The van der Waals surface area contributed by atoms with E-state index in [0.717, 1.165) is 32.1 Å². The molecular formula is C7H14NOS. The second-order valence-corrected chi connectivity index (χ2v) is 3.33. The zero-order chi connectivity index (χ0) is 7.23. The summed E-state index contributed by atoms with van der Waals surface area (Å²) in [6, 6.07) is 0. The fourth-order valence-corrected chi connectivity index (χ4v) is 1.43. The average molecular weight is 160 g/mol. The van der Waals surface area contributed by atoms with Gasteiger partial charge in [0.15, 0.2) is 0 Å². The minimum atomic E-state index is 0.890. The quantitative estimate of drug-likeness (QED) is 0.615. The van der Waals surface area contributed by atoms with Crippen LogP contribution in [0.15, 0.2) is 0 Å². The Hall–Kier alpha value is 0.270. The molecule has 1 radical (unpaired) electrons. The van der Waals surface area contributed by atoms with Crippen LogP contribution in [-0.2, 0) is 4.74 Å². The molecule has 0 spiro atoms. The van der Waals surface area contributed by atoms with E-state index in [2.05, 4.69) is 17.7 Å². The van der Waals surface area contributed by atoms with Crippen LogP contribution < -0.4 is 0 Å². The molecule has 0 aromatic heterocycles. The molecule has 0 atom stereocenters. The van der Waals surface area contributed by atoms with Gasteiger partial charge in [0.05, 0.1) is 19.1 Å². The van der Waals surface area contributed by atoms with Gasteiger partial charge in [-0.05, 0) is 5.75 Å². The summed E-state index contributed by atoms with van der Waals surface area (Å²) in [5, 5.41) is 0. The highest BCUT2D eigenvalue weighted by Gasteiger charge is 2.08. The Labute approximate surface area is 66.9 Å². The number of rotatable bonds is 3. The molecule has 0 bridgehead atoms. The molecule has 0 unspecified atom stereocenters. The van der Waals surface area contributed by atoms with E-state index in [1.165, 1.54) is 0 Å². The molecule has 1 rings (SSSR count). The normalized spacial score (nSPS) is 21.3. The summed E-state index contributed by atoms with van der Waals surface area (Å²) < 4.78 is 5.21. The molecule has 0 saturated carbocycles. The van der Waals surface area contributed by atoms with Crippen LogP contribution in [0.5, 0.6) is 0 Å². The van der Waals surface area contributed by atoms with Crippen molar-refractivity contribution in [1.29, 1.82) is 0 Å². The molecule has 1 fully saturated rings. The topological polar surface area (TPSA) is 12.5 Å². The van der Waals surface area contributed by atoms with Crippen molar-refractivity contribution >= 4 is 11.8 Å². The van der Waals surface area contributed by atoms with Crippen LogP contribution in [0.25, 0.3) is 0 Å². The van der Waals surface area contributed by atoms with E-state index in [-0.39, 0.29) is 0 Å². The van der Waals surface area contributed by atoms with E-state index in [1.807, 2.05) is 11.8 Å². The molecule has 0 aromatic rings. The summed E-state index contributed by atoms with van der Waals surface area (Å²) in [7, 11) is 0. The average Bonchev–Trinajstić information content (AvgIpc) is 2.03. The number of hydrogen-bond acceptors (Lipinski definition) is 3. The second-order valence-electron chi connectivity index (χ2n) is 2.21. The molecule has 1 aliphatic rings. The molecule has 2 nitrogen and oxygen atoms in total. The van der Waals surface area contributed by atoms with Gasteiger partial charge in [0, 0.05) is 13.1 Å². The molecule has 1 saturated heterocycles. The van der Waals surface area contributed by atoms with E-state index in [9.17, 15) is 0 Å². The Morgan fingerprint density at radius 2 is 2.20 bits per heavy atom. The summed E-state index contributed by atoms with van der Waals surface area (Å²) in [6.45, 7) is 6.07. The van der Waals surface area contributed by atoms with E-state index >= 15 is 0 Å². The monoisotopic (exact) mass is 160 g/mol. The van der Waals surface area contributed by atoms with E-state index < -0.39 is 0 Å². The third-order valence-corrected chi connectivity index (χ3v) is 2.22. The number of hydrogen-bond donors (Lipinski definition) is 0. The van der Waals surface area contributed by atoms with Crippen LogP contribution >= 0.6 is 11.8 Å². The first-order chi connectivity index (χ1) is 4.93. The summed E-state index contributed by atoms with van der Waals surface area (Å²) in [5.41, 5.74) is 0. The summed E-state index contributed by atoms with van der Waals surface area (Å²) in [6.07, 6.45) is 0. The first kappa shape index (κ1) is 8.37. The van der Waals surface area contributed by atoms with Crippen LogP contribution in [0.3, 0.4) is 0 Å². The highest BCUT2D eigenvalue weighted by Crippen LogP contribution is 2.10. The predicted octanol–water partition coefficient (Wildman–Crippen LogP) is 1.19. The van der Waals surface area contributed by atoms with Crippen LogP contribution in [0.2, 0.25) is 0 Å². The number of thioether (sulfide) groups is 1. The van der Waals surface area contributed by atoms with Crippen molar-refractivity contribution in [2.45, 2.75) is 6.92 Å². The minimum Gasteiger partial charge on any atom is -0.379 e. The third-order valence-electron chi connectivity index (χ3n) is 1.44. The first-order valence-corrected chi connectivity index (χ1v) is 4.75. The van der Waals surface area contributed by atoms with E-state index in [4.69, 9.17) is 4.74 Å². The van der Waals surface area contributed by atoms with Crippen molar-refractivity contribution < 1.29 is 4.74 Å². The Balaban J connectivity index is 2.02.